The first-order chi connectivity index (χ1) is 31.2. The van der Waals surface area contributed by atoms with Crippen molar-refractivity contribution in [2.75, 3.05) is 19.8 Å². The molecule has 368 valence electrons. The molecule has 0 rings (SSSR count). The molecule has 3 unspecified atom stereocenters. The zero-order chi connectivity index (χ0) is 48.6. The number of hydrogen-bond acceptors (Lipinski definition) is 5. The molecular weight excluding hydrogens is 825 g/mol. The van der Waals surface area contributed by atoms with Crippen LogP contribution in [0, 0.1) is 5.92 Å². The second kappa shape index (κ2) is 38.5. The Bertz CT molecular complexity index is 1540. The maximum Gasteiger partial charge on any atom is 0.336 e. The number of unbranched alkanes of at least 4 members (excludes halogenated alkanes) is 4. The van der Waals surface area contributed by atoms with Crippen LogP contribution in [0.1, 0.15) is 170 Å². The number of allylic oxidation sites excluding steroid dienone is 20. The molecule has 0 saturated carbocycles. The van der Waals surface area contributed by atoms with E-state index >= 15 is 0 Å². The van der Waals surface area contributed by atoms with E-state index in [0.29, 0.717) is 12.8 Å². The second-order valence-corrected chi connectivity index (χ2v) is 23.1. The summed E-state index contributed by atoms with van der Waals surface area (Å²) in [4.78, 5) is 26.4. The Labute approximate surface area is 399 Å². The molecule has 3 atom stereocenters. The van der Waals surface area contributed by atoms with Crippen LogP contribution in [0.25, 0.3) is 0 Å². The quantitative estimate of drug-likeness (QED) is 0.0358. The van der Waals surface area contributed by atoms with Crippen molar-refractivity contribution in [1.82, 2.24) is 0 Å². The van der Waals surface area contributed by atoms with E-state index in [2.05, 4.69) is 169 Å². The predicted octanol–water partition coefficient (Wildman–Crippen LogP) is 16.4. The van der Waals surface area contributed by atoms with Gasteiger partial charge < -0.3 is 24.1 Å². The minimum Gasteiger partial charge on any atom is -0.479 e. The Balaban J connectivity index is 5.38. The molecule has 0 amide bonds. The Kier molecular flexibility index (Phi) is 36.4. The normalized spacial score (nSPS) is 15.9. The number of ether oxygens (including phenoxy) is 2. The van der Waals surface area contributed by atoms with Crippen molar-refractivity contribution in [2.24, 2.45) is 5.92 Å². The molecule has 0 aliphatic rings. The first-order valence-electron chi connectivity index (χ1n) is 25.1. The van der Waals surface area contributed by atoms with Crippen LogP contribution in [0.5, 0.6) is 0 Å². The highest BCUT2D eigenvalue weighted by atomic mass is 28.4. The topological polar surface area (TPSA) is 102 Å². The van der Waals surface area contributed by atoms with E-state index in [9.17, 15) is 19.8 Å². The standard InChI is InChI=1S/C57H94O7Si/c1-10-14-16-18-20-22-24-26-28-30-32-34-36-38-40-42-44-46-48-62-56(12-3,53(58)59)50-52(51-64-65(8,9)55(5,6)7)57(13-4,54(60)61)63-49-47-45-43-41-39-37-35-33-31-29-27-25-23-21-19-17-15-11-2/h14-17,20-23,26-29,32-35,38-41,52H,10-13,18-19,24-25,30-31,36-37,42-51H2,1-9H3,(H,58,59)(H,60,61)/b16-14-,17-15-,22-20-,23-21-,28-26-,29-27-,34-32-,35-33-,40-38-,41-39-. The van der Waals surface area contributed by atoms with E-state index in [1.165, 1.54) is 0 Å². The first-order valence-corrected chi connectivity index (χ1v) is 28.0. The van der Waals surface area contributed by atoms with Gasteiger partial charge in [0, 0.05) is 25.7 Å². The Morgan fingerprint density at radius 3 is 1.15 bits per heavy atom. The van der Waals surface area contributed by atoms with Crippen LogP contribution in [-0.2, 0) is 23.5 Å². The molecule has 0 aliphatic heterocycles. The molecule has 2 N–H and O–H groups in total. The van der Waals surface area contributed by atoms with Crippen molar-refractivity contribution in [3.8, 4) is 0 Å². The lowest BCUT2D eigenvalue weighted by atomic mass is 9.76. The Morgan fingerprint density at radius 1 is 0.492 bits per heavy atom. The average molecular weight is 919 g/mol. The van der Waals surface area contributed by atoms with Gasteiger partial charge >= 0.3 is 11.9 Å². The molecule has 0 aromatic carbocycles. The Hall–Kier alpha value is -3.56. The molecule has 65 heavy (non-hydrogen) atoms. The molecule has 0 aliphatic carbocycles. The lowest BCUT2D eigenvalue weighted by Gasteiger charge is -2.43. The number of rotatable bonds is 40. The maximum atomic E-state index is 13.3. The van der Waals surface area contributed by atoms with Gasteiger partial charge in [0.1, 0.15) is 0 Å². The summed E-state index contributed by atoms with van der Waals surface area (Å²) in [6.45, 7) is 19.2. The van der Waals surface area contributed by atoms with Gasteiger partial charge in [-0.1, -0.05) is 170 Å². The van der Waals surface area contributed by atoms with Crippen LogP contribution in [-0.4, -0.2) is 61.5 Å². The monoisotopic (exact) mass is 919 g/mol. The van der Waals surface area contributed by atoms with Crippen LogP contribution >= 0.6 is 0 Å². The van der Waals surface area contributed by atoms with Gasteiger partial charge in [0.25, 0.3) is 0 Å². The summed E-state index contributed by atoms with van der Waals surface area (Å²) in [5.41, 5.74) is -3.20. The van der Waals surface area contributed by atoms with E-state index < -0.39 is 37.4 Å². The van der Waals surface area contributed by atoms with Gasteiger partial charge in [-0.15, -0.1) is 0 Å². The second-order valence-electron chi connectivity index (χ2n) is 18.3. The molecule has 8 heteroatoms. The smallest absolute Gasteiger partial charge is 0.336 e. The lowest BCUT2D eigenvalue weighted by Crippen LogP contribution is -2.56. The summed E-state index contributed by atoms with van der Waals surface area (Å²) in [6.07, 6.45) is 58.5. The van der Waals surface area contributed by atoms with Crippen LogP contribution < -0.4 is 0 Å². The van der Waals surface area contributed by atoms with E-state index in [1.54, 1.807) is 6.92 Å². The van der Waals surface area contributed by atoms with Gasteiger partial charge in [0.2, 0.25) is 0 Å². The third-order valence-corrected chi connectivity index (χ3v) is 16.6. The van der Waals surface area contributed by atoms with Gasteiger partial charge in [-0.2, -0.15) is 0 Å². The number of aliphatic carboxylic acids is 2. The summed E-state index contributed by atoms with van der Waals surface area (Å²) in [5, 5.41) is 21.5. The minimum atomic E-state index is -2.33. The fourth-order valence-corrected chi connectivity index (χ4v) is 7.82. The zero-order valence-electron chi connectivity index (χ0n) is 42.6. The summed E-state index contributed by atoms with van der Waals surface area (Å²) in [7, 11) is -2.33. The highest BCUT2D eigenvalue weighted by Crippen LogP contribution is 2.41. The number of carboxylic acids is 2. The third-order valence-electron chi connectivity index (χ3n) is 12.1. The molecule has 0 spiro atoms. The molecular formula is C57H94O7Si. The first kappa shape index (κ1) is 61.4. The van der Waals surface area contributed by atoms with Crippen molar-refractivity contribution in [1.29, 1.82) is 0 Å². The minimum absolute atomic E-state index is 0.0254. The predicted molar refractivity (Wildman–Crippen MR) is 281 cm³/mol. The fraction of sp³-hybridized carbons (Fsp3) is 0.614. The number of carboxylic acid groups (broad SMARTS) is 2. The third kappa shape index (κ3) is 28.9. The molecule has 0 bridgehead atoms. The van der Waals surface area contributed by atoms with Gasteiger partial charge in [0.05, 0.1) is 0 Å². The highest BCUT2D eigenvalue weighted by molar-refractivity contribution is 6.74. The molecule has 0 aromatic heterocycles. The summed E-state index contributed by atoms with van der Waals surface area (Å²) >= 11 is 0. The number of hydrogen-bond donors (Lipinski definition) is 2. The molecule has 0 fully saturated rings. The SMILES string of the molecule is CC/C=C\C/C=C\C/C=C\C/C=C\C/C=C\CCCCOC(CC)(CC(CO[Si](C)(C)C(C)(C)C)C(CC)(OCCCC/C=C\C/C=C\C/C=C\C/C=C\C/C=C\CC)C(=O)O)C(=O)O. The fourth-order valence-electron chi connectivity index (χ4n) is 6.77. The average Bonchev–Trinajstić information content (AvgIpc) is 3.27. The Morgan fingerprint density at radius 2 is 0.846 bits per heavy atom. The van der Waals surface area contributed by atoms with E-state index in [1.807, 2.05) is 6.92 Å². The molecule has 0 aromatic rings. The van der Waals surface area contributed by atoms with Gasteiger partial charge in [-0.25, -0.2) is 9.59 Å². The van der Waals surface area contributed by atoms with Crippen molar-refractivity contribution in [3.63, 3.8) is 0 Å². The molecule has 0 heterocycles. The maximum absolute atomic E-state index is 13.3. The highest BCUT2D eigenvalue weighted by Gasteiger charge is 2.52. The van der Waals surface area contributed by atoms with E-state index in [-0.39, 0.29) is 44.1 Å². The van der Waals surface area contributed by atoms with Gasteiger partial charge in [-0.3, -0.25) is 0 Å². The summed E-state index contributed by atoms with van der Waals surface area (Å²) in [5.74, 6) is -2.92. The summed E-state index contributed by atoms with van der Waals surface area (Å²) in [6, 6.07) is 0. The van der Waals surface area contributed by atoms with Crippen LogP contribution in [0.2, 0.25) is 18.1 Å². The van der Waals surface area contributed by atoms with E-state index in [0.717, 1.165) is 89.9 Å². The number of carbonyl (C=O) groups is 2. The summed E-state index contributed by atoms with van der Waals surface area (Å²) < 4.78 is 19.4. The van der Waals surface area contributed by atoms with Gasteiger partial charge in [-0.05, 0) is 140 Å². The largest absolute Gasteiger partial charge is 0.479 e. The van der Waals surface area contributed by atoms with Crippen LogP contribution in [0.15, 0.2) is 122 Å². The van der Waals surface area contributed by atoms with Crippen LogP contribution in [0.3, 0.4) is 0 Å². The van der Waals surface area contributed by atoms with E-state index in [4.69, 9.17) is 13.9 Å². The van der Waals surface area contributed by atoms with Crippen molar-refractivity contribution < 1.29 is 33.7 Å². The molecule has 7 nitrogen and oxygen atoms in total. The van der Waals surface area contributed by atoms with Gasteiger partial charge in [0.15, 0.2) is 19.5 Å². The van der Waals surface area contributed by atoms with Crippen molar-refractivity contribution in [2.45, 2.75) is 200 Å². The zero-order valence-corrected chi connectivity index (χ0v) is 43.6. The van der Waals surface area contributed by atoms with Crippen LogP contribution in [0.4, 0.5) is 0 Å². The lowest BCUT2D eigenvalue weighted by molar-refractivity contribution is -0.191. The molecule has 0 radical (unpaired) electrons. The van der Waals surface area contributed by atoms with Crippen molar-refractivity contribution in [3.05, 3.63) is 122 Å². The van der Waals surface area contributed by atoms with Crippen molar-refractivity contribution >= 4 is 20.3 Å². The molecule has 0 saturated heterocycles.